The number of aliphatic hydroxyl groups excluding tert-OH is 2. The monoisotopic (exact) mass is 831 g/mol. The molecule has 0 radical (unpaired) electrons. The summed E-state index contributed by atoms with van der Waals surface area (Å²) < 4.78 is 34.8. The lowest BCUT2D eigenvalue weighted by Gasteiger charge is -2.60. The number of carbonyl (C=O) groups excluding carboxylic acids is 1. The van der Waals surface area contributed by atoms with Crippen LogP contribution in [0, 0.1) is 23.6 Å². The molecular formula is C50H71FN2O7. The Balaban J connectivity index is 1.65. The quantitative estimate of drug-likeness (QED) is 0.0499. The van der Waals surface area contributed by atoms with Crippen LogP contribution < -0.4 is 9.47 Å². The standard InChI is InChI=1S/C50H71FN2O7/c1-5-8-9-10-11-12-13-14-15-22-47(56)53(36-37-23-25-39(51)26-24-37)46-35-44(52-57-4)42-33-38(20-16-18-29-54)41(21-17-19-30-55)48-43-34-40(58-31-6-2)27-28-45(43)60-50(46,49(42)48)59-32-7-3/h6-7,23-28,33-34,38,41,46,48-49,54-55H,2-3,5,8-22,29-32,35-36H2,1,4H3. The SMILES string of the molecule is C=CCOc1ccc2c(c1)C1C(CCCCO)C(CCCCO)C=C3C(=NOC)CC(N(Cc4ccc(F)cc4)C(=O)CCCCCCCCCCC)C(OCC=C)(O2)C31. The average molecular weight is 831 g/mol. The van der Waals surface area contributed by atoms with Crippen molar-refractivity contribution in [1.29, 1.82) is 0 Å². The molecule has 5 rings (SSSR count). The highest BCUT2D eigenvalue weighted by molar-refractivity contribution is 6.03. The van der Waals surface area contributed by atoms with E-state index in [4.69, 9.17) is 24.2 Å². The number of fused-ring (bicyclic) bond motifs is 2. The van der Waals surface area contributed by atoms with Gasteiger partial charge < -0.3 is 34.2 Å². The normalized spacial score (nSPS) is 23.5. The van der Waals surface area contributed by atoms with E-state index in [0.717, 1.165) is 67.4 Å². The Morgan fingerprint density at radius 1 is 0.917 bits per heavy atom. The molecule has 3 aliphatic rings. The van der Waals surface area contributed by atoms with E-state index in [2.05, 4.69) is 32.2 Å². The third-order valence-electron chi connectivity index (χ3n) is 12.7. The Labute approximate surface area is 358 Å². The number of ether oxygens (including phenoxy) is 3. The van der Waals surface area contributed by atoms with Crippen LogP contribution >= 0.6 is 0 Å². The van der Waals surface area contributed by atoms with Gasteiger partial charge in [-0.05, 0) is 85.4 Å². The second-order valence-corrected chi connectivity index (χ2v) is 16.8. The number of nitrogens with zero attached hydrogens (tertiary/aromatic N) is 2. The van der Waals surface area contributed by atoms with Crippen LogP contribution in [0.5, 0.6) is 11.5 Å². The molecular weight excluding hydrogens is 760 g/mol. The zero-order valence-electron chi connectivity index (χ0n) is 36.3. The molecule has 330 valence electrons. The van der Waals surface area contributed by atoms with Gasteiger partial charge in [-0.3, -0.25) is 4.79 Å². The van der Waals surface area contributed by atoms with Gasteiger partial charge in [0.2, 0.25) is 11.7 Å². The van der Waals surface area contributed by atoms with Crippen LogP contribution in [0.15, 0.2) is 84.6 Å². The molecule has 0 bridgehead atoms. The fourth-order valence-electron chi connectivity index (χ4n) is 9.89. The Kier molecular flexibility index (Phi) is 19.2. The van der Waals surface area contributed by atoms with E-state index in [9.17, 15) is 19.4 Å². The van der Waals surface area contributed by atoms with Crippen LogP contribution in [0.3, 0.4) is 0 Å². The summed E-state index contributed by atoms with van der Waals surface area (Å²) in [4.78, 5) is 22.4. The Morgan fingerprint density at radius 2 is 1.60 bits per heavy atom. The summed E-state index contributed by atoms with van der Waals surface area (Å²) in [6, 6.07) is 11.6. The summed E-state index contributed by atoms with van der Waals surface area (Å²) in [5.41, 5.74) is 3.51. The van der Waals surface area contributed by atoms with E-state index in [1.54, 1.807) is 31.4 Å². The number of benzene rings is 2. The highest BCUT2D eigenvalue weighted by Crippen LogP contribution is 2.62. The van der Waals surface area contributed by atoms with E-state index in [0.29, 0.717) is 43.8 Å². The Morgan fingerprint density at radius 3 is 2.27 bits per heavy atom. The highest BCUT2D eigenvalue weighted by Gasteiger charge is 2.65. The first-order valence-electron chi connectivity index (χ1n) is 22.7. The van der Waals surface area contributed by atoms with Gasteiger partial charge in [-0.15, -0.1) is 6.58 Å². The number of rotatable bonds is 28. The maximum Gasteiger partial charge on any atom is 0.239 e. The zero-order valence-corrected chi connectivity index (χ0v) is 36.3. The topological polar surface area (TPSA) is 110 Å². The highest BCUT2D eigenvalue weighted by atomic mass is 19.1. The molecule has 0 aromatic heterocycles. The van der Waals surface area contributed by atoms with Crippen molar-refractivity contribution < 1.29 is 38.4 Å². The summed E-state index contributed by atoms with van der Waals surface area (Å²) in [5.74, 6) is -0.723. The first-order chi connectivity index (χ1) is 29.3. The predicted molar refractivity (Wildman–Crippen MR) is 236 cm³/mol. The van der Waals surface area contributed by atoms with E-state index >= 15 is 0 Å². The summed E-state index contributed by atoms with van der Waals surface area (Å²) in [7, 11) is 1.55. The lowest BCUT2D eigenvalue weighted by atomic mass is 9.55. The fourth-order valence-corrected chi connectivity index (χ4v) is 9.89. The van der Waals surface area contributed by atoms with Crippen molar-refractivity contribution in [2.75, 3.05) is 33.5 Å². The van der Waals surface area contributed by atoms with Crippen molar-refractivity contribution in [2.24, 2.45) is 22.9 Å². The minimum absolute atomic E-state index is 0.0191. The second-order valence-electron chi connectivity index (χ2n) is 16.8. The molecule has 2 aliphatic carbocycles. The number of hydrogen-bond acceptors (Lipinski definition) is 8. The van der Waals surface area contributed by atoms with Gasteiger partial charge in [-0.25, -0.2) is 4.39 Å². The van der Waals surface area contributed by atoms with Gasteiger partial charge in [-0.1, -0.05) is 113 Å². The maximum absolute atomic E-state index is 14.9. The lowest BCUT2D eigenvalue weighted by Crippen LogP contribution is -2.70. The summed E-state index contributed by atoms with van der Waals surface area (Å²) in [5, 5.41) is 24.4. The van der Waals surface area contributed by atoms with Crippen molar-refractivity contribution in [1.82, 2.24) is 4.90 Å². The van der Waals surface area contributed by atoms with Crippen molar-refractivity contribution in [3.63, 3.8) is 0 Å². The van der Waals surface area contributed by atoms with E-state index in [1.807, 2.05) is 17.0 Å². The number of oxime groups is 1. The molecule has 2 aromatic rings. The maximum atomic E-state index is 14.9. The molecule has 2 aromatic carbocycles. The molecule has 9 nitrogen and oxygen atoms in total. The van der Waals surface area contributed by atoms with Crippen LogP contribution in [0.1, 0.15) is 133 Å². The van der Waals surface area contributed by atoms with Gasteiger partial charge in [0, 0.05) is 44.1 Å². The molecule has 1 saturated carbocycles. The molecule has 6 unspecified atom stereocenters. The molecule has 1 fully saturated rings. The van der Waals surface area contributed by atoms with Gasteiger partial charge in [0.05, 0.1) is 18.2 Å². The number of amides is 1. The number of unbranched alkanes of at least 4 members (excludes halogenated alkanes) is 10. The summed E-state index contributed by atoms with van der Waals surface area (Å²) in [6.07, 6.45) is 21.4. The van der Waals surface area contributed by atoms with Crippen LogP contribution in [-0.2, 0) is 20.9 Å². The number of allylic oxidation sites excluding steroid dienone is 1. The molecule has 2 N–H and O–H groups in total. The molecule has 10 heteroatoms. The Bertz CT molecular complexity index is 1710. The average Bonchev–Trinajstić information content (AvgIpc) is 3.25. The largest absolute Gasteiger partial charge is 0.490 e. The zero-order chi connectivity index (χ0) is 42.7. The first-order valence-corrected chi connectivity index (χ1v) is 22.7. The number of hydrogen-bond donors (Lipinski definition) is 2. The molecule has 1 amide bonds. The van der Waals surface area contributed by atoms with Crippen molar-refractivity contribution >= 4 is 11.6 Å². The summed E-state index contributed by atoms with van der Waals surface area (Å²) >= 11 is 0. The van der Waals surface area contributed by atoms with E-state index in [-0.39, 0.29) is 55.8 Å². The predicted octanol–water partition coefficient (Wildman–Crippen LogP) is 10.6. The van der Waals surface area contributed by atoms with Gasteiger partial charge in [-0.2, -0.15) is 0 Å². The van der Waals surface area contributed by atoms with E-state index < -0.39 is 17.7 Å². The third kappa shape index (κ3) is 11.9. The minimum Gasteiger partial charge on any atom is -0.490 e. The fraction of sp³-hybridized carbons (Fsp3) is 0.600. The third-order valence-corrected chi connectivity index (χ3v) is 12.7. The van der Waals surface area contributed by atoms with Gasteiger partial charge in [0.15, 0.2) is 0 Å². The van der Waals surface area contributed by atoms with Crippen LogP contribution in [0.4, 0.5) is 4.39 Å². The second kappa shape index (κ2) is 24.5. The molecule has 0 saturated heterocycles. The van der Waals surface area contributed by atoms with Crippen LogP contribution in [0.2, 0.25) is 0 Å². The van der Waals surface area contributed by atoms with Crippen molar-refractivity contribution in [3.8, 4) is 11.5 Å². The molecule has 1 heterocycles. The molecule has 1 aliphatic heterocycles. The Hall–Kier alpha value is -3.99. The van der Waals surface area contributed by atoms with Crippen molar-refractivity contribution in [3.05, 3.63) is 96.4 Å². The van der Waals surface area contributed by atoms with Crippen LogP contribution in [-0.4, -0.2) is 72.1 Å². The number of halogens is 1. The van der Waals surface area contributed by atoms with E-state index in [1.165, 1.54) is 50.7 Å². The van der Waals surface area contributed by atoms with Gasteiger partial charge in [0.1, 0.15) is 37.1 Å². The van der Waals surface area contributed by atoms with Gasteiger partial charge in [0.25, 0.3) is 0 Å². The van der Waals surface area contributed by atoms with Gasteiger partial charge >= 0.3 is 0 Å². The smallest absolute Gasteiger partial charge is 0.239 e. The summed E-state index contributed by atoms with van der Waals surface area (Å²) in [6.45, 7) is 11.1. The number of carbonyl (C=O) groups is 1. The lowest BCUT2D eigenvalue weighted by molar-refractivity contribution is -0.258. The molecule has 60 heavy (non-hydrogen) atoms. The minimum atomic E-state index is -1.37. The van der Waals surface area contributed by atoms with Crippen molar-refractivity contribution in [2.45, 2.75) is 140 Å². The molecule has 0 spiro atoms. The number of aliphatic hydroxyl groups is 2. The van der Waals surface area contributed by atoms with Crippen LogP contribution in [0.25, 0.3) is 0 Å². The first kappa shape index (κ1) is 47.1. The molecule has 6 atom stereocenters.